The summed E-state index contributed by atoms with van der Waals surface area (Å²) in [5.41, 5.74) is 2.98. The molecule has 7 nitrogen and oxygen atoms in total. The van der Waals surface area contributed by atoms with Gasteiger partial charge in [0, 0.05) is 10.4 Å². The van der Waals surface area contributed by atoms with Crippen LogP contribution in [-0.2, 0) is 19.1 Å². The van der Waals surface area contributed by atoms with Crippen LogP contribution in [0.2, 0.25) is 0 Å². The molecule has 2 saturated heterocycles. The zero-order valence-electron chi connectivity index (χ0n) is 17.6. The van der Waals surface area contributed by atoms with Gasteiger partial charge in [-0.2, -0.15) is 0 Å². The smallest absolute Gasteiger partial charge is 0.341 e. The summed E-state index contributed by atoms with van der Waals surface area (Å²) in [4.78, 5) is 38.6. The van der Waals surface area contributed by atoms with Crippen LogP contribution in [0.1, 0.15) is 40.6 Å². The van der Waals surface area contributed by atoms with Crippen molar-refractivity contribution in [2.24, 2.45) is 11.8 Å². The number of fused-ring (bicyclic) bond motifs is 2. The predicted molar refractivity (Wildman–Crippen MR) is 116 cm³/mol. The largest absolute Gasteiger partial charge is 0.481 e. The molecule has 0 saturated carbocycles. The molecule has 31 heavy (non-hydrogen) atoms. The molecule has 2 fully saturated rings. The first-order valence-corrected chi connectivity index (χ1v) is 11.2. The van der Waals surface area contributed by atoms with E-state index in [1.165, 1.54) is 11.3 Å². The lowest BCUT2D eigenvalue weighted by Crippen LogP contribution is -2.41. The second-order valence-electron chi connectivity index (χ2n) is 7.99. The Morgan fingerprint density at radius 1 is 1.13 bits per heavy atom. The average Bonchev–Trinajstić information content (AvgIpc) is 3.41. The van der Waals surface area contributed by atoms with Gasteiger partial charge in [0.15, 0.2) is 0 Å². The minimum absolute atomic E-state index is 0.204. The van der Waals surface area contributed by atoms with Crippen molar-refractivity contribution in [1.29, 1.82) is 0 Å². The summed E-state index contributed by atoms with van der Waals surface area (Å²) in [6.07, 6.45) is 0.468. The number of benzene rings is 1. The van der Waals surface area contributed by atoms with Gasteiger partial charge in [-0.25, -0.2) is 4.79 Å². The summed E-state index contributed by atoms with van der Waals surface area (Å²) >= 11 is 1.29. The highest BCUT2D eigenvalue weighted by Gasteiger charge is 2.55. The third-order valence-electron chi connectivity index (χ3n) is 6.00. The molecule has 2 aromatic rings. The Kier molecular flexibility index (Phi) is 5.85. The number of hydrogen-bond acceptors (Lipinski definition) is 6. The maximum absolute atomic E-state index is 13.2. The predicted octanol–water partition coefficient (Wildman–Crippen LogP) is 4.03. The lowest BCUT2D eigenvalue weighted by molar-refractivity contribution is -0.147. The standard InChI is InChI=1S/C23H25NO6S/c1-4-29-23(28)19-16(13-7-5-11(2)6-8-13)12(3)31-21(19)24-20(25)17-14-9-10-15(30-14)18(17)22(26)27/h5-8,14-15,17-18H,4,9-10H2,1-3H3,(H,24,25)(H,26,27)/t14-,15+,17+,18+/m1/s1. The van der Waals surface area contributed by atoms with Crippen molar-refractivity contribution in [2.75, 3.05) is 11.9 Å². The third kappa shape index (κ3) is 3.85. The van der Waals surface area contributed by atoms with E-state index >= 15 is 0 Å². The molecule has 8 heteroatoms. The number of aliphatic carboxylic acids is 1. The molecular formula is C23H25NO6S. The molecule has 2 aliphatic rings. The number of nitrogens with one attached hydrogen (secondary N) is 1. The summed E-state index contributed by atoms with van der Waals surface area (Å²) in [5, 5.41) is 12.8. The maximum atomic E-state index is 13.2. The van der Waals surface area contributed by atoms with Crippen molar-refractivity contribution in [1.82, 2.24) is 0 Å². The monoisotopic (exact) mass is 443 g/mol. The van der Waals surface area contributed by atoms with Gasteiger partial charge in [0.2, 0.25) is 5.91 Å². The van der Waals surface area contributed by atoms with E-state index in [1.54, 1.807) is 6.92 Å². The fourth-order valence-corrected chi connectivity index (χ4v) is 5.69. The molecule has 4 rings (SSSR count). The van der Waals surface area contributed by atoms with E-state index in [2.05, 4.69) is 5.32 Å². The average molecular weight is 444 g/mol. The van der Waals surface area contributed by atoms with E-state index in [9.17, 15) is 19.5 Å². The second-order valence-corrected chi connectivity index (χ2v) is 9.22. The van der Waals surface area contributed by atoms with Gasteiger partial charge >= 0.3 is 11.9 Å². The molecule has 1 aromatic carbocycles. The molecule has 0 radical (unpaired) electrons. The quantitative estimate of drug-likeness (QED) is 0.654. The van der Waals surface area contributed by atoms with Crippen molar-refractivity contribution in [2.45, 2.75) is 45.8 Å². The minimum atomic E-state index is -1.03. The topological polar surface area (TPSA) is 102 Å². The third-order valence-corrected chi connectivity index (χ3v) is 7.02. The first-order valence-electron chi connectivity index (χ1n) is 10.4. The number of thiophene rings is 1. The highest BCUT2D eigenvalue weighted by Crippen LogP contribution is 2.45. The molecule has 1 amide bonds. The number of rotatable bonds is 6. The Labute approximate surface area is 184 Å². The number of carboxylic acid groups (broad SMARTS) is 1. The van der Waals surface area contributed by atoms with Crippen molar-refractivity contribution >= 4 is 34.2 Å². The molecule has 164 valence electrons. The molecule has 2 aliphatic heterocycles. The van der Waals surface area contributed by atoms with E-state index in [-0.39, 0.29) is 6.61 Å². The molecule has 4 atom stereocenters. The first-order chi connectivity index (χ1) is 14.8. The van der Waals surface area contributed by atoms with Crippen molar-refractivity contribution in [3.8, 4) is 11.1 Å². The number of amides is 1. The number of ether oxygens (including phenoxy) is 2. The van der Waals surface area contributed by atoms with Crippen LogP contribution in [0.25, 0.3) is 11.1 Å². The Morgan fingerprint density at radius 3 is 2.39 bits per heavy atom. The SMILES string of the molecule is CCOC(=O)c1c(NC(=O)[C@@H]2[C@@H](C(=O)O)[C@@H]3CC[C@H]2O3)sc(C)c1-c1ccc(C)cc1. The van der Waals surface area contributed by atoms with Gasteiger partial charge in [-0.3, -0.25) is 9.59 Å². The van der Waals surface area contributed by atoms with Crippen LogP contribution in [0.15, 0.2) is 24.3 Å². The molecule has 2 bridgehead atoms. The summed E-state index contributed by atoms with van der Waals surface area (Å²) < 4.78 is 11.0. The van der Waals surface area contributed by atoms with Crippen LogP contribution in [0, 0.1) is 25.7 Å². The van der Waals surface area contributed by atoms with Crippen molar-refractivity contribution in [3.05, 3.63) is 40.3 Å². The lowest BCUT2D eigenvalue weighted by Gasteiger charge is -2.23. The zero-order chi connectivity index (χ0) is 22.3. The van der Waals surface area contributed by atoms with Crippen LogP contribution >= 0.6 is 11.3 Å². The number of carbonyl (C=O) groups is 3. The second kappa shape index (κ2) is 8.43. The number of anilines is 1. The van der Waals surface area contributed by atoms with Gasteiger partial charge in [-0.05, 0) is 39.2 Å². The van der Waals surface area contributed by atoms with Gasteiger partial charge in [0.05, 0.1) is 30.7 Å². The fraction of sp³-hybridized carbons (Fsp3) is 0.435. The minimum Gasteiger partial charge on any atom is -0.481 e. The summed E-state index contributed by atoms with van der Waals surface area (Å²) in [6.45, 7) is 5.80. The Morgan fingerprint density at radius 2 is 1.77 bits per heavy atom. The Hall–Kier alpha value is -2.71. The molecule has 1 aromatic heterocycles. The maximum Gasteiger partial charge on any atom is 0.341 e. The van der Waals surface area contributed by atoms with Crippen LogP contribution < -0.4 is 5.32 Å². The van der Waals surface area contributed by atoms with E-state index in [0.717, 1.165) is 21.6 Å². The molecule has 0 unspecified atom stereocenters. The van der Waals surface area contributed by atoms with E-state index in [0.29, 0.717) is 23.4 Å². The van der Waals surface area contributed by atoms with Gasteiger partial charge in [-0.1, -0.05) is 29.8 Å². The van der Waals surface area contributed by atoms with Crippen LogP contribution in [0.5, 0.6) is 0 Å². The molecule has 0 aliphatic carbocycles. The van der Waals surface area contributed by atoms with Gasteiger partial charge in [-0.15, -0.1) is 11.3 Å². The van der Waals surface area contributed by atoms with Gasteiger partial charge in [0.25, 0.3) is 0 Å². The van der Waals surface area contributed by atoms with Gasteiger partial charge < -0.3 is 19.9 Å². The van der Waals surface area contributed by atoms with Crippen LogP contribution in [0.4, 0.5) is 5.00 Å². The summed E-state index contributed by atoms with van der Waals surface area (Å²) in [7, 11) is 0. The number of hydrogen-bond donors (Lipinski definition) is 2. The highest BCUT2D eigenvalue weighted by molar-refractivity contribution is 7.17. The van der Waals surface area contributed by atoms with Crippen LogP contribution in [-0.4, -0.2) is 41.8 Å². The van der Waals surface area contributed by atoms with E-state index in [4.69, 9.17) is 9.47 Å². The van der Waals surface area contributed by atoms with Crippen molar-refractivity contribution < 1.29 is 29.0 Å². The molecular weight excluding hydrogens is 418 g/mol. The Bertz CT molecular complexity index is 1030. The molecule has 0 spiro atoms. The van der Waals surface area contributed by atoms with E-state index < -0.39 is 41.9 Å². The zero-order valence-corrected chi connectivity index (χ0v) is 18.5. The number of carbonyl (C=O) groups excluding carboxylic acids is 2. The number of carboxylic acids is 1. The summed E-state index contributed by atoms with van der Waals surface area (Å²) in [5.74, 6) is -3.63. The first kappa shape index (κ1) is 21.5. The van der Waals surface area contributed by atoms with E-state index in [1.807, 2.05) is 38.1 Å². The van der Waals surface area contributed by atoms with Crippen LogP contribution in [0.3, 0.4) is 0 Å². The fourth-order valence-electron chi connectivity index (χ4n) is 4.62. The number of esters is 1. The molecule has 2 N–H and O–H groups in total. The highest BCUT2D eigenvalue weighted by atomic mass is 32.1. The van der Waals surface area contributed by atoms with Gasteiger partial charge in [0.1, 0.15) is 10.6 Å². The Balaban J connectivity index is 1.70. The summed E-state index contributed by atoms with van der Waals surface area (Å²) in [6, 6.07) is 7.79. The lowest BCUT2D eigenvalue weighted by atomic mass is 9.78. The normalized spacial score (nSPS) is 24.2. The van der Waals surface area contributed by atoms with Crippen molar-refractivity contribution in [3.63, 3.8) is 0 Å². The molecule has 3 heterocycles. The number of aryl methyl sites for hydroxylation is 2.